The van der Waals surface area contributed by atoms with E-state index in [1.165, 1.54) is 0 Å². The van der Waals surface area contributed by atoms with Crippen LogP contribution >= 0.6 is 0 Å². The van der Waals surface area contributed by atoms with Crippen molar-refractivity contribution in [3.8, 4) is 0 Å². The van der Waals surface area contributed by atoms with E-state index in [9.17, 15) is 8.42 Å². The minimum atomic E-state index is -3.28. The van der Waals surface area contributed by atoms with E-state index >= 15 is 0 Å². The first-order valence-electron chi connectivity index (χ1n) is 7.91. The molecule has 0 spiro atoms. The zero-order valence-electron chi connectivity index (χ0n) is 13.2. The molecule has 0 aliphatic carbocycles. The summed E-state index contributed by atoms with van der Waals surface area (Å²) < 4.78 is 28.8. The smallest absolute Gasteiger partial charge is 0.279 e. The molecule has 1 unspecified atom stereocenters. The summed E-state index contributed by atoms with van der Waals surface area (Å²) in [7, 11) is -3.28. The standard InChI is InChI=1S/C14H31N3O2S/c1-4-15-11-14-8-6-10-17(12-14)20(18,19)16-9-5-7-13(2)3/h13-16H,4-12H2,1-3H3. The molecule has 20 heavy (non-hydrogen) atoms. The van der Waals surface area contributed by atoms with Crippen molar-refractivity contribution in [1.29, 1.82) is 0 Å². The Morgan fingerprint density at radius 3 is 2.75 bits per heavy atom. The molecule has 1 aliphatic heterocycles. The fourth-order valence-electron chi connectivity index (χ4n) is 2.56. The molecule has 1 fully saturated rings. The van der Waals surface area contributed by atoms with Crippen molar-refractivity contribution in [3.05, 3.63) is 0 Å². The van der Waals surface area contributed by atoms with Crippen LogP contribution in [0.1, 0.15) is 46.5 Å². The molecule has 1 atom stereocenters. The van der Waals surface area contributed by atoms with Gasteiger partial charge in [-0.3, -0.25) is 0 Å². The predicted octanol–water partition coefficient (Wildman–Crippen LogP) is 1.58. The van der Waals surface area contributed by atoms with E-state index in [4.69, 9.17) is 0 Å². The summed E-state index contributed by atoms with van der Waals surface area (Å²) in [6.45, 7) is 10.1. The van der Waals surface area contributed by atoms with E-state index in [1.807, 2.05) is 0 Å². The third-order valence-corrected chi connectivity index (χ3v) is 5.33. The molecular formula is C14H31N3O2S. The Morgan fingerprint density at radius 1 is 1.35 bits per heavy atom. The van der Waals surface area contributed by atoms with Crippen LogP contribution in [0.15, 0.2) is 0 Å². The summed E-state index contributed by atoms with van der Waals surface area (Å²) in [6.07, 6.45) is 4.05. The lowest BCUT2D eigenvalue weighted by molar-refractivity contribution is 0.258. The lowest BCUT2D eigenvalue weighted by atomic mass is 10.00. The average Bonchev–Trinajstić information content (AvgIpc) is 2.41. The van der Waals surface area contributed by atoms with Crippen LogP contribution in [-0.2, 0) is 10.2 Å². The first kappa shape index (κ1) is 17.9. The Hall–Kier alpha value is -0.170. The summed E-state index contributed by atoms with van der Waals surface area (Å²) in [5.74, 6) is 1.06. The van der Waals surface area contributed by atoms with E-state index < -0.39 is 10.2 Å². The van der Waals surface area contributed by atoms with Crippen LogP contribution in [-0.4, -0.2) is 45.4 Å². The van der Waals surface area contributed by atoms with Crippen LogP contribution in [0.25, 0.3) is 0 Å². The van der Waals surface area contributed by atoms with E-state index in [0.29, 0.717) is 31.5 Å². The fourth-order valence-corrected chi connectivity index (χ4v) is 3.92. The molecule has 1 heterocycles. The van der Waals surface area contributed by atoms with Crippen molar-refractivity contribution in [2.45, 2.75) is 46.5 Å². The number of rotatable bonds is 9. The molecular weight excluding hydrogens is 274 g/mol. The second kappa shape index (κ2) is 8.97. The Balaban J connectivity index is 2.37. The highest BCUT2D eigenvalue weighted by molar-refractivity contribution is 7.87. The molecule has 1 rings (SSSR count). The summed E-state index contributed by atoms with van der Waals surface area (Å²) in [4.78, 5) is 0. The van der Waals surface area contributed by atoms with Gasteiger partial charge < -0.3 is 5.32 Å². The Kier molecular flexibility index (Phi) is 8.02. The minimum absolute atomic E-state index is 0.441. The molecule has 0 saturated carbocycles. The van der Waals surface area contributed by atoms with Gasteiger partial charge in [-0.1, -0.05) is 20.8 Å². The topological polar surface area (TPSA) is 61.4 Å². The van der Waals surface area contributed by atoms with Gasteiger partial charge >= 0.3 is 0 Å². The van der Waals surface area contributed by atoms with Crippen LogP contribution < -0.4 is 10.0 Å². The quantitative estimate of drug-likeness (QED) is 0.636. The number of hydrogen-bond acceptors (Lipinski definition) is 3. The minimum Gasteiger partial charge on any atom is -0.317 e. The van der Waals surface area contributed by atoms with Crippen molar-refractivity contribution in [2.75, 3.05) is 32.7 Å². The highest BCUT2D eigenvalue weighted by Crippen LogP contribution is 2.18. The van der Waals surface area contributed by atoms with Crippen LogP contribution in [0.4, 0.5) is 0 Å². The van der Waals surface area contributed by atoms with Gasteiger partial charge in [0, 0.05) is 19.6 Å². The predicted molar refractivity (Wildman–Crippen MR) is 83.8 cm³/mol. The second-order valence-corrected chi connectivity index (χ2v) is 7.86. The Labute approximate surface area is 124 Å². The first-order valence-corrected chi connectivity index (χ1v) is 9.35. The molecule has 0 aromatic heterocycles. The normalized spacial score (nSPS) is 21.5. The van der Waals surface area contributed by atoms with Gasteiger partial charge in [-0.05, 0) is 50.6 Å². The molecule has 120 valence electrons. The lowest BCUT2D eigenvalue weighted by Gasteiger charge is -2.32. The van der Waals surface area contributed by atoms with Gasteiger partial charge in [0.15, 0.2) is 0 Å². The summed E-state index contributed by atoms with van der Waals surface area (Å²) >= 11 is 0. The zero-order chi connectivity index (χ0) is 15.0. The van der Waals surface area contributed by atoms with E-state index in [0.717, 1.165) is 38.8 Å². The van der Waals surface area contributed by atoms with Crippen molar-refractivity contribution in [3.63, 3.8) is 0 Å². The highest BCUT2D eigenvalue weighted by Gasteiger charge is 2.28. The number of piperidine rings is 1. The largest absolute Gasteiger partial charge is 0.317 e. The molecule has 1 saturated heterocycles. The molecule has 6 heteroatoms. The highest BCUT2D eigenvalue weighted by atomic mass is 32.2. The summed E-state index contributed by atoms with van der Waals surface area (Å²) in [5.41, 5.74) is 0. The number of nitrogens with one attached hydrogen (secondary N) is 2. The van der Waals surface area contributed by atoms with Gasteiger partial charge in [-0.25, -0.2) is 4.72 Å². The van der Waals surface area contributed by atoms with Crippen LogP contribution in [0.3, 0.4) is 0 Å². The number of hydrogen-bond donors (Lipinski definition) is 2. The molecule has 0 bridgehead atoms. The van der Waals surface area contributed by atoms with Gasteiger partial charge in [0.2, 0.25) is 0 Å². The maximum atomic E-state index is 12.2. The van der Waals surface area contributed by atoms with Crippen molar-refractivity contribution in [1.82, 2.24) is 14.3 Å². The third-order valence-electron chi connectivity index (χ3n) is 3.75. The number of nitrogens with zero attached hydrogens (tertiary/aromatic N) is 1. The monoisotopic (exact) mass is 305 g/mol. The third kappa shape index (κ3) is 6.52. The van der Waals surface area contributed by atoms with E-state index in [2.05, 4.69) is 30.8 Å². The maximum absolute atomic E-state index is 12.2. The zero-order valence-corrected chi connectivity index (χ0v) is 14.0. The molecule has 0 radical (unpaired) electrons. The SMILES string of the molecule is CCNCC1CCCN(S(=O)(=O)NCCCC(C)C)C1. The summed E-state index contributed by atoms with van der Waals surface area (Å²) in [6, 6.07) is 0. The van der Waals surface area contributed by atoms with E-state index in [1.54, 1.807) is 4.31 Å². The van der Waals surface area contributed by atoms with Crippen LogP contribution in [0.5, 0.6) is 0 Å². The van der Waals surface area contributed by atoms with Gasteiger partial charge in [0.25, 0.3) is 10.2 Å². The van der Waals surface area contributed by atoms with Gasteiger partial charge in [0.05, 0.1) is 0 Å². The van der Waals surface area contributed by atoms with Gasteiger partial charge in [0.1, 0.15) is 0 Å². The molecule has 0 aromatic rings. The van der Waals surface area contributed by atoms with Gasteiger partial charge in [-0.15, -0.1) is 0 Å². The Morgan fingerprint density at radius 2 is 2.10 bits per heavy atom. The van der Waals surface area contributed by atoms with Crippen molar-refractivity contribution < 1.29 is 8.42 Å². The molecule has 0 amide bonds. The fraction of sp³-hybridized carbons (Fsp3) is 1.00. The maximum Gasteiger partial charge on any atom is 0.279 e. The second-order valence-electron chi connectivity index (χ2n) is 6.11. The average molecular weight is 305 g/mol. The lowest BCUT2D eigenvalue weighted by Crippen LogP contribution is -2.47. The van der Waals surface area contributed by atoms with Crippen LogP contribution in [0.2, 0.25) is 0 Å². The molecule has 2 N–H and O–H groups in total. The van der Waals surface area contributed by atoms with E-state index in [-0.39, 0.29) is 0 Å². The first-order chi connectivity index (χ1) is 9.45. The molecule has 0 aromatic carbocycles. The molecule has 5 nitrogen and oxygen atoms in total. The Bertz CT molecular complexity index is 357. The van der Waals surface area contributed by atoms with Crippen LogP contribution in [0, 0.1) is 11.8 Å². The molecule has 1 aliphatic rings. The van der Waals surface area contributed by atoms with Crippen molar-refractivity contribution >= 4 is 10.2 Å². The van der Waals surface area contributed by atoms with Gasteiger partial charge in [-0.2, -0.15) is 12.7 Å². The van der Waals surface area contributed by atoms with Crippen molar-refractivity contribution in [2.24, 2.45) is 11.8 Å². The summed E-state index contributed by atoms with van der Waals surface area (Å²) in [5, 5.41) is 3.31.